The van der Waals surface area contributed by atoms with Crippen LogP contribution in [0.15, 0.2) is 18.3 Å². The van der Waals surface area contributed by atoms with Crippen LogP contribution in [0.25, 0.3) is 0 Å². The Labute approximate surface area is 113 Å². The zero-order valence-electron chi connectivity index (χ0n) is 11.5. The van der Waals surface area contributed by atoms with Gasteiger partial charge in [-0.05, 0) is 44.4 Å². The van der Waals surface area contributed by atoms with Crippen molar-refractivity contribution in [2.24, 2.45) is 5.92 Å². The van der Waals surface area contributed by atoms with Crippen LogP contribution >= 0.6 is 0 Å². The van der Waals surface area contributed by atoms with Crippen molar-refractivity contribution in [3.63, 3.8) is 0 Å². The fourth-order valence-electron chi connectivity index (χ4n) is 2.35. The van der Waals surface area contributed by atoms with Crippen molar-refractivity contribution in [2.45, 2.75) is 32.7 Å². The van der Waals surface area contributed by atoms with Crippen molar-refractivity contribution < 1.29 is 9.53 Å². The number of carbonyl (C=O) groups excluding carboxylic acids is 1. The Morgan fingerprint density at radius 2 is 2.47 bits per heavy atom. The van der Waals surface area contributed by atoms with E-state index in [1.54, 1.807) is 12.3 Å². The third-order valence-electron chi connectivity index (χ3n) is 3.36. The number of ether oxygens (including phenoxy) is 1. The topological polar surface area (TPSA) is 63.2 Å². The van der Waals surface area contributed by atoms with Gasteiger partial charge in [0, 0.05) is 6.20 Å². The minimum atomic E-state index is -0.136. The van der Waals surface area contributed by atoms with Crippen molar-refractivity contribution in [3.8, 4) is 5.88 Å². The average Bonchev–Trinajstić information content (AvgIpc) is 2.41. The summed E-state index contributed by atoms with van der Waals surface area (Å²) in [6.45, 7) is 5.42. The Bertz CT molecular complexity index is 436. The van der Waals surface area contributed by atoms with Gasteiger partial charge in [-0.2, -0.15) is 0 Å². The molecule has 1 aromatic heterocycles. The molecule has 1 saturated heterocycles. The fraction of sp³-hybridized carbons (Fsp3) is 0.571. The minimum absolute atomic E-state index is 0.0128. The molecule has 0 aromatic carbocycles. The number of nitrogens with zero attached hydrogens (tertiary/aromatic N) is 1. The van der Waals surface area contributed by atoms with Crippen molar-refractivity contribution in [1.29, 1.82) is 0 Å². The molecular weight excluding hydrogens is 242 g/mol. The quantitative estimate of drug-likeness (QED) is 0.869. The van der Waals surface area contributed by atoms with Gasteiger partial charge in [-0.3, -0.25) is 4.79 Å². The molecule has 5 heteroatoms. The van der Waals surface area contributed by atoms with Crippen LogP contribution in [-0.2, 0) is 4.79 Å². The first-order valence-corrected chi connectivity index (χ1v) is 6.84. The van der Waals surface area contributed by atoms with Crippen LogP contribution in [0.4, 0.5) is 5.69 Å². The summed E-state index contributed by atoms with van der Waals surface area (Å²) in [5, 5.41) is 6.17. The monoisotopic (exact) mass is 263 g/mol. The molecule has 1 aliphatic heterocycles. The molecule has 1 fully saturated rings. The molecule has 2 atom stereocenters. The summed E-state index contributed by atoms with van der Waals surface area (Å²) in [6.07, 6.45) is 3.86. The number of pyridine rings is 1. The van der Waals surface area contributed by atoms with Gasteiger partial charge < -0.3 is 15.4 Å². The van der Waals surface area contributed by atoms with Gasteiger partial charge in [-0.25, -0.2) is 4.98 Å². The minimum Gasteiger partial charge on any atom is -0.476 e. The summed E-state index contributed by atoms with van der Waals surface area (Å²) in [6, 6.07) is 3.46. The maximum atomic E-state index is 12.3. The van der Waals surface area contributed by atoms with E-state index in [0.717, 1.165) is 19.4 Å². The number of hydrogen-bond donors (Lipinski definition) is 2. The third kappa shape index (κ3) is 3.44. The second-order valence-corrected chi connectivity index (χ2v) is 4.83. The summed E-state index contributed by atoms with van der Waals surface area (Å²) < 4.78 is 5.41. The van der Waals surface area contributed by atoms with Crippen molar-refractivity contribution >= 4 is 11.6 Å². The van der Waals surface area contributed by atoms with Crippen LogP contribution in [0.2, 0.25) is 0 Å². The first kappa shape index (κ1) is 13.8. The lowest BCUT2D eigenvalue weighted by molar-refractivity contribution is -0.119. The standard InChI is InChI=1S/C14H21N3O2/c1-3-19-14-11(7-5-9-16-14)17-13(18)12-10(2)6-4-8-15-12/h5,7,9-10,12,15H,3-4,6,8H2,1-2H3,(H,17,18). The molecule has 0 radical (unpaired) electrons. The van der Waals surface area contributed by atoms with Gasteiger partial charge in [-0.15, -0.1) is 0 Å². The summed E-state index contributed by atoms with van der Waals surface area (Å²) in [5.41, 5.74) is 0.633. The van der Waals surface area contributed by atoms with Gasteiger partial charge in [-0.1, -0.05) is 6.92 Å². The molecule has 0 bridgehead atoms. The second-order valence-electron chi connectivity index (χ2n) is 4.83. The normalized spacial score (nSPS) is 22.8. The lowest BCUT2D eigenvalue weighted by atomic mass is 9.92. The molecule has 2 rings (SSSR count). The molecule has 2 N–H and O–H groups in total. The number of aromatic nitrogens is 1. The average molecular weight is 263 g/mol. The number of nitrogens with one attached hydrogen (secondary N) is 2. The predicted octanol–water partition coefficient (Wildman–Crippen LogP) is 1.81. The largest absolute Gasteiger partial charge is 0.476 e. The third-order valence-corrected chi connectivity index (χ3v) is 3.36. The van der Waals surface area contributed by atoms with Gasteiger partial charge in [0.25, 0.3) is 0 Å². The molecule has 0 saturated carbocycles. The van der Waals surface area contributed by atoms with Crippen LogP contribution in [0.1, 0.15) is 26.7 Å². The molecule has 104 valence electrons. The highest BCUT2D eigenvalue weighted by Gasteiger charge is 2.27. The molecule has 1 aliphatic rings. The zero-order valence-corrected chi connectivity index (χ0v) is 11.5. The van der Waals surface area contributed by atoms with Crippen molar-refractivity contribution in [2.75, 3.05) is 18.5 Å². The first-order chi connectivity index (χ1) is 9.22. The second kappa shape index (κ2) is 6.52. The summed E-state index contributed by atoms with van der Waals surface area (Å²) in [7, 11) is 0. The van der Waals surface area contributed by atoms with E-state index >= 15 is 0 Å². The molecule has 5 nitrogen and oxygen atoms in total. The summed E-state index contributed by atoms with van der Waals surface area (Å²) in [4.78, 5) is 16.4. The SMILES string of the molecule is CCOc1ncccc1NC(=O)C1NCCCC1C. The molecule has 0 aliphatic carbocycles. The Morgan fingerprint density at radius 1 is 1.63 bits per heavy atom. The number of amides is 1. The van der Waals surface area contributed by atoms with Crippen molar-refractivity contribution in [1.82, 2.24) is 10.3 Å². The van der Waals surface area contributed by atoms with E-state index in [9.17, 15) is 4.79 Å². The molecule has 19 heavy (non-hydrogen) atoms. The summed E-state index contributed by atoms with van der Waals surface area (Å²) >= 11 is 0. The van der Waals surface area contributed by atoms with E-state index in [-0.39, 0.29) is 11.9 Å². The highest BCUT2D eigenvalue weighted by Crippen LogP contribution is 2.22. The zero-order chi connectivity index (χ0) is 13.7. The molecule has 0 spiro atoms. The smallest absolute Gasteiger partial charge is 0.241 e. The Hall–Kier alpha value is -1.62. The number of carbonyl (C=O) groups is 1. The van der Waals surface area contributed by atoms with E-state index in [1.807, 2.05) is 13.0 Å². The van der Waals surface area contributed by atoms with E-state index < -0.39 is 0 Å². The summed E-state index contributed by atoms with van der Waals surface area (Å²) in [5.74, 6) is 0.809. The van der Waals surface area contributed by atoms with E-state index in [0.29, 0.717) is 24.1 Å². The van der Waals surface area contributed by atoms with E-state index in [4.69, 9.17) is 4.74 Å². The van der Waals surface area contributed by atoms with Crippen LogP contribution in [0.5, 0.6) is 5.88 Å². The number of piperidine rings is 1. The van der Waals surface area contributed by atoms with E-state index in [1.165, 1.54) is 0 Å². The highest BCUT2D eigenvalue weighted by molar-refractivity contribution is 5.96. The first-order valence-electron chi connectivity index (χ1n) is 6.84. The van der Waals surface area contributed by atoms with Crippen LogP contribution < -0.4 is 15.4 Å². The highest BCUT2D eigenvalue weighted by atomic mass is 16.5. The maximum absolute atomic E-state index is 12.3. The molecule has 1 aromatic rings. The number of anilines is 1. The molecule has 2 unspecified atom stereocenters. The Kier molecular flexibility index (Phi) is 4.74. The molecular formula is C14H21N3O2. The fourth-order valence-corrected chi connectivity index (χ4v) is 2.35. The van der Waals surface area contributed by atoms with Gasteiger partial charge >= 0.3 is 0 Å². The van der Waals surface area contributed by atoms with Crippen LogP contribution in [-0.4, -0.2) is 30.1 Å². The van der Waals surface area contributed by atoms with Crippen LogP contribution in [0.3, 0.4) is 0 Å². The van der Waals surface area contributed by atoms with E-state index in [2.05, 4.69) is 22.5 Å². The van der Waals surface area contributed by atoms with Crippen molar-refractivity contribution in [3.05, 3.63) is 18.3 Å². The lowest BCUT2D eigenvalue weighted by Crippen LogP contribution is -2.48. The number of hydrogen-bond acceptors (Lipinski definition) is 4. The van der Waals surface area contributed by atoms with Crippen LogP contribution in [0, 0.1) is 5.92 Å². The maximum Gasteiger partial charge on any atom is 0.241 e. The number of rotatable bonds is 4. The Morgan fingerprint density at radius 3 is 3.21 bits per heavy atom. The van der Waals surface area contributed by atoms with Gasteiger partial charge in [0.15, 0.2) is 0 Å². The Balaban J connectivity index is 2.05. The van der Waals surface area contributed by atoms with Gasteiger partial charge in [0.2, 0.25) is 11.8 Å². The molecule has 1 amide bonds. The lowest BCUT2D eigenvalue weighted by Gasteiger charge is -2.29. The molecule has 2 heterocycles. The predicted molar refractivity (Wildman–Crippen MR) is 74.2 cm³/mol. The van der Waals surface area contributed by atoms with Gasteiger partial charge in [0.1, 0.15) is 5.69 Å². The van der Waals surface area contributed by atoms with Gasteiger partial charge in [0.05, 0.1) is 12.6 Å².